The van der Waals surface area contributed by atoms with Gasteiger partial charge in [-0.25, -0.2) is 13.4 Å². The second-order valence-electron chi connectivity index (χ2n) is 4.02. The van der Waals surface area contributed by atoms with Gasteiger partial charge in [-0.15, -0.1) is 0 Å². The lowest BCUT2D eigenvalue weighted by Gasteiger charge is -2.15. The highest BCUT2D eigenvalue weighted by atomic mass is 35.5. The second kappa shape index (κ2) is 4.89. The van der Waals surface area contributed by atoms with Gasteiger partial charge >= 0.3 is 0 Å². The molecular weight excluding hydrogens is 264 g/mol. The van der Waals surface area contributed by atoms with Crippen LogP contribution in [0, 0.1) is 5.92 Å². The molecule has 1 saturated heterocycles. The largest absolute Gasteiger partial charge is 0.396 e. The summed E-state index contributed by atoms with van der Waals surface area (Å²) in [5.41, 5.74) is 0. The zero-order valence-corrected chi connectivity index (χ0v) is 10.7. The van der Waals surface area contributed by atoms with E-state index in [2.05, 4.69) is 4.98 Å². The van der Waals surface area contributed by atoms with E-state index >= 15 is 0 Å². The maximum absolute atomic E-state index is 12.2. The smallest absolute Gasteiger partial charge is 0.244 e. The fourth-order valence-electron chi connectivity index (χ4n) is 1.83. The van der Waals surface area contributed by atoms with Gasteiger partial charge in [0.25, 0.3) is 0 Å². The average Bonchev–Trinajstić information content (AvgIpc) is 2.78. The van der Waals surface area contributed by atoms with Crippen LogP contribution in [0.5, 0.6) is 0 Å². The quantitative estimate of drug-likeness (QED) is 0.827. The van der Waals surface area contributed by atoms with E-state index in [1.165, 1.54) is 22.6 Å². The van der Waals surface area contributed by atoms with Gasteiger partial charge in [-0.05, 0) is 24.5 Å². The molecule has 0 aliphatic carbocycles. The van der Waals surface area contributed by atoms with Gasteiger partial charge in [0.1, 0.15) is 10.0 Å². The molecular formula is C10H13ClN2O3S. The molecule has 1 unspecified atom stereocenters. The van der Waals surface area contributed by atoms with Crippen molar-refractivity contribution >= 4 is 21.6 Å². The first-order valence-corrected chi connectivity index (χ1v) is 7.08. The minimum Gasteiger partial charge on any atom is -0.396 e. The summed E-state index contributed by atoms with van der Waals surface area (Å²) in [5, 5.41) is 9.27. The number of hydrogen-bond donors (Lipinski definition) is 1. The number of halogens is 1. The van der Waals surface area contributed by atoms with E-state index in [0.29, 0.717) is 19.5 Å². The van der Waals surface area contributed by atoms with Gasteiger partial charge in [-0.1, -0.05) is 11.6 Å². The molecule has 0 aromatic carbocycles. The highest BCUT2D eigenvalue weighted by Gasteiger charge is 2.32. The molecule has 5 nitrogen and oxygen atoms in total. The first-order chi connectivity index (χ1) is 8.04. The van der Waals surface area contributed by atoms with E-state index < -0.39 is 10.0 Å². The van der Waals surface area contributed by atoms with E-state index in [9.17, 15) is 8.42 Å². The van der Waals surface area contributed by atoms with E-state index in [-0.39, 0.29) is 22.6 Å². The highest BCUT2D eigenvalue weighted by Crippen LogP contribution is 2.23. The fraction of sp³-hybridized carbons (Fsp3) is 0.500. The number of hydrogen-bond acceptors (Lipinski definition) is 4. The van der Waals surface area contributed by atoms with E-state index in [1.807, 2.05) is 0 Å². The van der Waals surface area contributed by atoms with E-state index in [4.69, 9.17) is 16.7 Å². The number of pyridine rings is 1. The molecule has 2 rings (SSSR count). The number of rotatable bonds is 3. The highest BCUT2D eigenvalue weighted by molar-refractivity contribution is 7.89. The predicted octanol–water partition coefficient (Wildman–Crippen LogP) is 0.738. The minimum atomic E-state index is -3.50. The van der Waals surface area contributed by atoms with Crippen LogP contribution in [0.2, 0.25) is 5.15 Å². The van der Waals surface area contributed by atoms with Gasteiger partial charge in [0.05, 0.1) is 0 Å². The third-order valence-corrected chi connectivity index (χ3v) is 4.92. The van der Waals surface area contributed by atoms with Crippen molar-refractivity contribution < 1.29 is 13.5 Å². The van der Waals surface area contributed by atoms with Crippen molar-refractivity contribution in [2.75, 3.05) is 19.7 Å². The first-order valence-electron chi connectivity index (χ1n) is 5.26. The predicted molar refractivity (Wildman–Crippen MR) is 63.2 cm³/mol. The Morgan fingerprint density at radius 1 is 1.53 bits per heavy atom. The average molecular weight is 277 g/mol. The molecule has 0 bridgehead atoms. The van der Waals surface area contributed by atoms with Gasteiger partial charge in [0.15, 0.2) is 0 Å². The second-order valence-corrected chi connectivity index (χ2v) is 6.34. The Bertz CT molecular complexity index is 489. The van der Waals surface area contributed by atoms with Crippen molar-refractivity contribution in [3.05, 3.63) is 23.5 Å². The number of aliphatic hydroxyl groups excluding tert-OH is 1. The topological polar surface area (TPSA) is 70.5 Å². The molecule has 0 amide bonds. The maximum atomic E-state index is 12.2. The van der Waals surface area contributed by atoms with Crippen molar-refractivity contribution in [2.24, 2.45) is 5.92 Å². The number of aromatic nitrogens is 1. The Kier molecular flexibility index (Phi) is 3.67. The van der Waals surface area contributed by atoms with Crippen LogP contribution >= 0.6 is 11.6 Å². The zero-order chi connectivity index (χ0) is 12.5. The van der Waals surface area contributed by atoms with Gasteiger partial charge < -0.3 is 5.11 Å². The molecule has 1 atom stereocenters. The molecule has 0 spiro atoms. The summed E-state index contributed by atoms with van der Waals surface area (Å²) in [4.78, 5) is 3.91. The third kappa shape index (κ3) is 2.60. The molecule has 1 aromatic heterocycles. The number of nitrogens with zero attached hydrogens (tertiary/aromatic N) is 2. The SMILES string of the molecule is O=S(=O)(c1ccc(Cl)nc1)N1CCC(CO)C1. The summed E-state index contributed by atoms with van der Waals surface area (Å²) in [6.07, 6.45) is 1.95. The zero-order valence-electron chi connectivity index (χ0n) is 9.08. The summed E-state index contributed by atoms with van der Waals surface area (Å²) >= 11 is 5.61. The van der Waals surface area contributed by atoms with Crippen LogP contribution < -0.4 is 0 Å². The van der Waals surface area contributed by atoms with Crippen molar-refractivity contribution in [2.45, 2.75) is 11.3 Å². The van der Waals surface area contributed by atoms with Gasteiger partial charge in [-0.3, -0.25) is 0 Å². The standard InChI is InChI=1S/C10H13ClN2O3S/c11-10-2-1-9(5-12-10)17(15,16)13-4-3-8(6-13)7-14/h1-2,5,8,14H,3-4,6-7H2. The Balaban J connectivity index is 2.22. The number of aliphatic hydroxyl groups is 1. The van der Waals surface area contributed by atoms with E-state index in [1.54, 1.807) is 0 Å². The summed E-state index contributed by atoms with van der Waals surface area (Å²) in [7, 11) is -3.50. The Morgan fingerprint density at radius 3 is 2.82 bits per heavy atom. The summed E-state index contributed by atoms with van der Waals surface area (Å²) in [6, 6.07) is 2.89. The normalized spacial score (nSPS) is 21.9. The molecule has 0 saturated carbocycles. The summed E-state index contributed by atoms with van der Waals surface area (Å²) in [6.45, 7) is 0.822. The fourth-order valence-corrected chi connectivity index (χ4v) is 3.42. The minimum absolute atomic E-state index is 0.0187. The molecule has 1 N–H and O–H groups in total. The van der Waals surface area contributed by atoms with Crippen LogP contribution in [0.3, 0.4) is 0 Å². The lowest BCUT2D eigenvalue weighted by Crippen LogP contribution is -2.29. The van der Waals surface area contributed by atoms with Gasteiger partial charge in [-0.2, -0.15) is 4.31 Å². The molecule has 0 radical (unpaired) electrons. The summed E-state index contributed by atoms with van der Waals surface area (Å²) in [5.74, 6) is 0.0324. The number of sulfonamides is 1. The molecule has 17 heavy (non-hydrogen) atoms. The lowest BCUT2D eigenvalue weighted by molar-refractivity contribution is 0.233. The molecule has 2 heterocycles. The van der Waals surface area contributed by atoms with Crippen molar-refractivity contribution in [1.82, 2.24) is 9.29 Å². The van der Waals surface area contributed by atoms with Crippen LogP contribution in [-0.4, -0.2) is 42.5 Å². The van der Waals surface area contributed by atoms with Crippen molar-refractivity contribution in [1.29, 1.82) is 0 Å². The van der Waals surface area contributed by atoms with Gasteiger partial charge in [0, 0.05) is 25.9 Å². The summed E-state index contributed by atoms with van der Waals surface area (Å²) < 4.78 is 25.7. The third-order valence-electron chi connectivity index (χ3n) is 2.84. The van der Waals surface area contributed by atoms with Crippen LogP contribution in [-0.2, 0) is 10.0 Å². The lowest BCUT2D eigenvalue weighted by atomic mass is 10.1. The Hall–Kier alpha value is -0.690. The van der Waals surface area contributed by atoms with Crippen molar-refractivity contribution in [3.63, 3.8) is 0 Å². The van der Waals surface area contributed by atoms with Crippen LogP contribution in [0.1, 0.15) is 6.42 Å². The molecule has 1 fully saturated rings. The van der Waals surface area contributed by atoms with Crippen molar-refractivity contribution in [3.8, 4) is 0 Å². The monoisotopic (exact) mass is 276 g/mol. The van der Waals surface area contributed by atoms with Crippen LogP contribution in [0.15, 0.2) is 23.2 Å². The molecule has 1 aromatic rings. The Labute approximate surface area is 105 Å². The Morgan fingerprint density at radius 2 is 2.29 bits per heavy atom. The molecule has 94 valence electrons. The van der Waals surface area contributed by atoms with Crippen LogP contribution in [0.25, 0.3) is 0 Å². The van der Waals surface area contributed by atoms with E-state index in [0.717, 1.165) is 0 Å². The molecule has 1 aliphatic rings. The molecule has 1 aliphatic heterocycles. The van der Waals surface area contributed by atoms with Crippen LogP contribution in [0.4, 0.5) is 0 Å². The maximum Gasteiger partial charge on any atom is 0.244 e. The molecule has 7 heteroatoms. The first kappa shape index (κ1) is 12.8. The van der Waals surface area contributed by atoms with Gasteiger partial charge in [0.2, 0.25) is 10.0 Å².